The predicted molar refractivity (Wildman–Crippen MR) is 114 cm³/mol. The number of hydrogen-bond acceptors (Lipinski definition) is 5. The van der Waals surface area contributed by atoms with Gasteiger partial charge in [0.1, 0.15) is 6.61 Å². The number of rotatable bonds is 4. The Morgan fingerprint density at radius 2 is 2.03 bits per heavy atom. The molecule has 4 fully saturated rings. The van der Waals surface area contributed by atoms with Gasteiger partial charge in [0.2, 0.25) is 11.8 Å². The number of fused-ring (bicyclic) bond motifs is 1. The zero-order chi connectivity index (χ0) is 23.0. The average molecular weight is 465 g/mol. The SMILES string of the molecule is O=C1CO[C@H]2CCN(C(=O)N3CC4(CCC(Cc5ccc(OC(F)F)nc5)CC4)C3)CC2N1. The fraction of sp³-hybridized carbons (Fsp3) is 0.696. The maximum absolute atomic E-state index is 13.0. The number of morpholine rings is 1. The first-order valence-corrected chi connectivity index (χ1v) is 11.7. The standard InChI is InChI=1S/C23H30F2N4O4/c24-21(25)33-20-2-1-16(10-26-20)9-15-3-6-23(7-4-15)13-29(14-23)22(31)28-8-5-18-17(11-28)27-19(30)12-32-18/h1-2,10,15,17-18,21H,3-9,11-14H2,(H,27,30)/t17?,18-/m0/s1. The minimum Gasteiger partial charge on any atom is -0.417 e. The Kier molecular flexibility index (Phi) is 6.11. The molecule has 0 aromatic carbocycles. The first-order valence-electron chi connectivity index (χ1n) is 11.7. The van der Waals surface area contributed by atoms with Gasteiger partial charge in [0.05, 0.1) is 12.1 Å². The van der Waals surface area contributed by atoms with Gasteiger partial charge in [0.15, 0.2) is 0 Å². The lowest BCUT2D eigenvalue weighted by molar-refractivity contribution is -0.140. The number of halogens is 2. The third kappa shape index (κ3) is 4.90. The van der Waals surface area contributed by atoms with Crippen molar-refractivity contribution in [2.75, 3.05) is 32.8 Å². The molecule has 0 radical (unpaired) electrons. The zero-order valence-electron chi connectivity index (χ0n) is 18.6. The number of piperidine rings is 1. The fourth-order valence-corrected chi connectivity index (χ4v) is 5.81. The molecule has 3 amide bonds. The number of carbonyl (C=O) groups is 2. The van der Waals surface area contributed by atoms with Crippen LogP contribution >= 0.6 is 0 Å². The van der Waals surface area contributed by atoms with Crippen LogP contribution in [0, 0.1) is 11.3 Å². The van der Waals surface area contributed by atoms with Crippen LogP contribution in [0.5, 0.6) is 5.88 Å². The summed E-state index contributed by atoms with van der Waals surface area (Å²) in [7, 11) is 0. The summed E-state index contributed by atoms with van der Waals surface area (Å²) in [5, 5.41) is 2.95. The van der Waals surface area contributed by atoms with Crippen molar-refractivity contribution in [2.45, 2.75) is 57.3 Å². The van der Waals surface area contributed by atoms with Crippen LogP contribution in [-0.2, 0) is 16.0 Å². The first-order chi connectivity index (χ1) is 15.9. The van der Waals surface area contributed by atoms with Crippen LogP contribution < -0.4 is 10.1 Å². The van der Waals surface area contributed by atoms with Crippen molar-refractivity contribution >= 4 is 11.9 Å². The van der Waals surface area contributed by atoms with Crippen LogP contribution in [0.4, 0.5) is 13.6 Å². The Balaban J connectivity index is 1.06. The molecule has 1 spiro atoms. The molecular formula is C23H30F2N4O4. The lowest BCUT2D eigenvalue weighted by Crippen LogP contribution is -2.66. The molecule has 1 N–H and O–H groups in total. The summed E-state index contributed by atoms with van der Waals surface area (Å²) in [6, 6.07) is 3.26. The van der Waals surface area contributed by atoms with E-state index in [0.29, 0.717) is 19.0 Å². The molecule has 3 aliphatic heterocycles. The van der Waals surface area contributed by atoms with Crippen molar-refractivity contribution in [3.05, 3.63) is 23.9 Å². The van der Waals surface area contributed by atoms with Crippen molar-refractivity contribution < 1.29 is 27.8 Å². The third-order valence-electron chi connectivity index (χ3n) is 7.62. The molecule has 4 aliphatic rings. The van der Waals surface area contributed by atoms with Gasteiger partial charge in [-0.1, -0.05) is 6.07 Å². The summed E-state index contributed by atoms with van der Waals surface area (Å²) in [6.07, 6.45) is 7.63. The molecule has 5 rings (SSSR count). The van der Waals surface area contributed by atoms with Gasteiger partial charge in [-0.2, -0.15) is 8.78 Å². The van der Waals surface area contributed by atoms with Crippen LogP contribution in [0.3, 0.4) is 0 Å². The molecule has 1 aliphatic carbocycles. The molecule has 2 atom stereocenters. The second kappa shape index (κ2) is 9.04. The summed E-state index contributed by atoms with van der Waals surface area (Å²) in [5.74, 6) is 0.370. The number of hydrogen-bond donors (Lipinski definition) is 1. The molecule has 1 aromatic rings. The molecule has 8 nitrogen and oxygen atoms in total. The maximum atomic E-state index is 13.0. The minimum atomic E-state index is -2.86. The van der Waals surface area contributed by atoms with Crippen LogP contribution in [0.1, 0.15) is 37.7 Å². The van der Waals surface area contributed by atoms with E-state index < -0.39 is 6.61 Å². The number of ether oxygens (including phenoxy) is 2. The monoisotopic (exact) mass is 464 g/mol. The highest BCUT2D eigenvalue weighted by Crippen LogP contribution is 2.46. The maximum Gasteiger partial charge on any atom is 0.388 e. The fourth-order valence-electron chi connectivity index (χ4n) is 5.81. The van der Waals surface area contributed by atoms with E-state index in [9.17, 15) is 18.4 Å². The minimum absolute atomic E-state index is 0.00740. The van der Waals surface area contributed by atoms with Crippen molar-refractivity contribution in [3.8, 4) is 5.88 Å². The van der Waals surface area contributed by atoms with Gasteiger partial charge < -0.3 is 24.6 Å². The van der Waals surface area contributed by atoms with E-state index in [2.05, 4.69) is 15.0 Å². The van der Waals surface area contributed by atoms with E-state index >= 15 is 0 Å². The van der Waals surface area contributed by atoms with Gasteiger partial charge in [0, 0.05) is 43.9 Å². The van der Waals surface area contributed by atoms with Crippen LogP contribution in [0.15, 0.2) is 18.3 Å². The predicted octanol–water partition coefficient (Wildman–Crippen LogP) is 2.43. The molecule has 4 heterocycles. The topological polar surface area (TPSA) is 84.0 Å². The van der Waals surface area contributed by atoms with Crippen LogP contribution in [0.25, 0.3) is 0 Å². The van der Waals surface area contributed by atoms with Gasteiger partial charge in [-0.05, 0) is 50.0 Å². The Bertz CT molecular complexity index is 868. The number of aromatic nitrogens is 1. The molecule has 1 unspecified atom stereocenters. The molecule has 180 valence electrons. The second-order valence-electron chi connectivity index (χ2n) is 9.93. The highest BCUT2D eigenvalue weighted by molar-refractivity contribution is 5.79. The summed E-state index contributed by atoms with van der Waals surface area (Å²) in [4.78, 5) is 32.4. The van der Waals surface area contributed by atoms with Crippen molar-refractivity contribution in [2.24, 2.45) is 11.3 Å². The number of nitrogens with one attached hydrogen (secondary N) is 1. The summed E-state index contributed by atoms with van der Waals surface area (Å²) in [6.45, 7) is 0.0213. The van der Waals surface area contributed by atoms with E-state index in [1.54, 1.807) is 6.20 Å². The largest absolute Gasteiger partial charge is 0.417 e. The zero-order valence-corrected chi connectivity index (χ0v) is 18.6. The number of urea groups is 1. The Labute approximate surface area is 191 Å². The number of alkyl halides is 2. The van der Waals surface area contributed by atoms with Gasteiger partial charge in [-0.3, -0.25) is 4.79 Å². The first kappa shape index (κ1) is 22.3. The lowest BCUT2D eigenvalue weighted by atomic mass is 9.65. The molecular weight excluding hydrogens is 434 g/mol. The number of carbonyl (C=O) groups excluding carboxylic acids is 2. The molecule has 1 saturated carbocycles. The molecule has 0 bridgehead atoms. The van der Waals surface area contributed by atoms with Gasteiger partial charge in [-0.15, -0.1) is 0 Å². The van der Waals surface area contributed by atoms with Gasteiger partial charge in [-0.25, -0.2) is 9.78 Å². The lowest BCUT2D eigenvalue weighted by Gasteiger charge is -2.55. The number of nitrogens with zero attached hydrogens (tertiary/aromatic N) is 3. The average Bonchev–Trinajstić information content (AvgIpc) is 2.78. The van der Waals surface area contributed by atoms with Crippen molar-refractivity contribution in [1.29, 1.82) is 0 Å². The second-order valence-corrected chi connectivity index (χ2v) is 9.93. The normalized spacial score (nSPS) is 27.2. The molecule has 33 heavy (non-hydrogen) atoms. The van der Waals surface area contributed by atoms with Gasteiger partial charge in [0.25, 0.3) is 0 Å². The highest BCUT2D eigenvalue weighted by atomic mass is 19.3. The Morgan fingerprint density at radius 3 is 2.73 bits per heavy atom. The number of pyridine rings is 1. The summed E-state index contributed by atoms with van der Waals surface area (Å²) >= 11 is 0. The summed E-state index contributed by atoms with van der Waals surface area (Å²) in [5.41, 5.74) is 1.25. The Hall–Kier alpha value is -2.49. The van der Waals surface area contributed by atoms with E-state index in [0.717, 1.165) is 57.2 Å². The van der Waals surface area contributed by atoms with E-state index in [-0.39, 0.29) is 42.0 Å². The Morgan fingerprint density at radius 1 is 1.24 bits per heavy atom. The number of amides is 3. The van der Waals surface area contributed by atoms with E-state index in [4.69, 9.17) is 4.74 Å². The summed E-state index contributed by atoms with van der Waals surface area (Å²) < 4.78 is 34.4. The molecule has 3 saturated heterocycles. The van der Waals surface area contributed by atoms with E-state index in [1.165, 1.54) is 6.07 Å². The smallest absolute Gasteiger partial charge is 0.388 e. The third-order valence-corrected chi connectivity index (χ3v) is 7.62. The molecule has 10 heteroatoms. The molecule has 1 aromatic heterocycles. The quantitative estimate of drug-likeness (QED) is 0.740. The van der Waals surface area contributed by atoms with Gasteiger partial charge >= 0.3 is 12.6 Å². The van der Waals surface area contributed by atoms with Crippen molar-refractivity contribution in [1.82, 2.24) is 20.1 Å². The van der Waals surface area contributed by atoms with Crippen molar-refractivity contribution in [3.63, 3.8) is 0 Å². The van der Waals surface area contributed by atoms with Crippen LogP contribution in [0.2, 0.25) is 0 Å². The number of likely N-dealkylation sites (tertiary alicyclic amines) is 2. The van der Waals surface area contributed by atoms with E-state index in [1.807, 2.05) is 15.9 Å². The van der Waals surface area contributed by atoms with Crippen LogP contribution in [-0.4, -0.2) is 78.3 Å². The highest BCUT2D eigenvalue weighted by Gasteiger charge is 2.48.